The van der Waals surface area contributed by atoms with Gasteiger partial charge in [-0.2, -0.15) is 10.2 Å². The standard InChI is InChI=1S/C21H25N5O/c1-15-13-22-26(14-15)19-9-7-17(8-10-19)21(27)23-20-12-18(24-25-20)11-16-5-3-2-4-6-16/h7-10,12-14,16H,2-6,11H2,1H3,(H2,23,24,25,27). The summed E-state index contributed by atoms with van der Waals surface area (Å²) in [5.74, 6) is 1.16. The Morgan fingerprint density at radius 2 is 2.00 bits per heavy atom. The van der Waals surface area contributed by atoms with Gasteiger partial charge in [0.05, 0.1) is 11.9 Å². The highest BCUT2D eigenvalue weighted by molar-refractivity contribution is 6.03. The molecule has 0 aliphatic heterocycles. The molecule has 2 N–H and O–H groups in total. The quantitative estimate of drug-likeness (QED) is 0.710. The van der Waals surface area contributed by atoms with Crippen molar-refractivity contribution < 1.29 is 4.79 Å². The number of hydrogen-bond donors (Lipinski definition) is 2. The van der Waals surface area contributed by atoms with Crippen LogP contribution in [0.4, 0.5) is 5.82 Å². The zero-order chi connectivity index (χ0) is 18.6. The van der Waals surface area contributed by atoms with Crippen molar-refractivity contribution in [2.24, 2.45) is 5.92 Å². The lowest BCUT2D eigenvalue weighted by Crippen LogP contribution is -2.12. The number of amides is 1. The SMILES string of the molecule is Cc1cnn(-c2ccc(C(=O)Nc3cc(CC4CCCCC4)[nH]n3)cc2)c1. The number of hydrogen-bond acceptors (Lipinski definition) is 3. The summed E-state index contributed by atoms with van der Waals surface area (Å²) in [7, 11) is 0. The number of aryl methyl sites for hydroxylation is 1. The summed E-state index contributed by atoms with van der Waals surface area (Å²) >= 11 is 0. The lowest BCUT2D eigenvalue weighted by molar-refractivity contribution is 0.102. The Labute approximate surface area is 159 Å². The molecule has 140 valence electrons. The Balaban J connectivity index is 1.37. The van der Waals surface area contributed by atoms with Crippen molar-refractivity contribution in [2.45, 2.75) is 45.4 Å². The van der Waals surface area contributed by atoms with Gasteiger partial charge in [-0.1, -0.05) is 32.1 Å². The summed E-state index contributed by atoms with van der Waals surface area (Å²) < 4.78 is 1.79. The minimum atomic E-state index is -0.158. The first-order chi connectivity index (χ1) is 13.2. The van der Waals surface area contributed by atoms with Crippen LogP contribution in [0.2, 0.25) is 0 Å². The van der Waals surface area contributed by atoms with Gasteiger partial charge in [-0.3, -0.25) is 9.89 Å². The highest BCUT2D eigenvalue weighted by Crippen LogP contribution is 2.26. The predicted molar refractivity (Wildman–Crippen MR) is 105 cm³/mol. The van der Waals surface area contributed by atoms with Crippen molar-refractivity contribution in [3.63, 3.8) is 0 Å². The van der Waals surface area contributed by atoms with E-state index in [0.717, 1.165) is 29.3 Å². The van der Waals surface area contributed by atoms with Gasteiger partial charge in [0.1, 0.15) is 0 Å². The van der Waals surface area contributed by atoms with Crippen molar-refractivity contribution in [1.29, 1.82) is 0 Å². The molecule has 1 amide bonds. The van der Waals surface area contributed by atoms with E-state index < -0.39 is 0 Å². The zero-order valence-corrected chi connectivity index (χ0v) is 15.6. The molecule has 2 heterocycles. The fraction of sp³-hybridized carbons (Fsp3) is 0.381. The van der Waals surface area contributed by atoms with Crippen LogP contribution in [0.5, 0.6) is 0 Å². The van der Waals surface area contributed by atoms with Crippen molar-refractivity contribution in [2.75, 3.05) is 5.32 Å². The van der Waals surface area contributed by atoms with E-state index >= 15 is 0 Å². The molecule has 27 heavy (non-hydrogen) atoms. The van der Waals surface area contributed by atoms with Crippen LogP contribution in [-0.2, 0) is 6.42 Å². The maximum atomic E-state index is 12.5. The van der Waals surface area contributed by atoms with Crippen LogP contribution in [-0.4, -0.2) is 25.9 Å². The van der Waals surface area contributed by atoms with Crippen molar-refractivity contribution >= 4 is 11.7 Å². The molecule has 0 unspecified atom stereocenters. The molecule has 1 fully saturated rings. The molecule has 2 aromatic heterocycles. The lowest BCUT2D eigenvalue weighted by Gasteiger charge is -2.20. The molecule has 4 rings (SSSR count). The largest absolute Gasteiger partial charge is 0.305 e. The highest BCUT2D eigenvalue weighted by atomic mass is 16.1. The summed E-state index contributed by atoms with van der Waals surface area (Å²) in [6, 6.07) is 9.34. The van der Waals surface area contributed by atoms with Crippen LogP contribution < -0.4 is 5.32 Å². The summed E-state index contributed by atoms with van der Waals surface area (Å²) in [5, 5.41) is 14.5. The van der Waals surface area contributed by atoms with E-state index in [1.54, 1.807) is 16.8 Å². The van der Waals surface area contributed by atoms with E-state index in [-0.39, 0.29) is 5.91 Å². The maximum Gasteiger partial charge on any atom is 0.256 e. The number of aromatic nitrogens is 4. The third-order valence-electron chi connectivity index (χ3n) is 5.21. The molecule has 0 saturated heterocycles. The summed E-state index contributed by atoms with van der Waals surface area (Å²) in [5.41, 5.74) is 3.72. The molecule has 1 aliphatic rings. The number of carbonyl (C=O) groups excluding carboxylic acids is 1. The molecule has 1 aromatic carbocycles. The van der Waals surface area contributed by atoms with Gasteiger partial charge in [-0.15, -0.1) is 0 Å². The molecule has 0 bridgehead atoms. The van der Waals surface area contributed by atoms with E-state index in [0.29, 0.717) is 11.4 Å². The fourth-order valence-electron chi connectivity index (χ4n) is 3.74. The summed E-state index contributed by atoms with van der Waals surface area (Å²) in [6.07, 6.45) is 11.4. The minimum Gasteiger partial charge on any atom is -0.305 e. The molecule has 0 radical (unpaired) electrons. The number of nitrogens with one attached hydrogen (secondary N) is 2. The Morgan fingerprint density at radius 3 is 2.70 bits per heavy atom. The first kappa shape index (κ1) is 17.5. The Bertz CT molecular complexity index is 903. The first-order valence-corrected chi connectivity index (χ1v) is 9.65. The molecule has 6 nitrogen and oxygen atoms in total. The topological polar surface area (TPSA) is 75.6 Å². The smallest absolute Gasteiger partial charge is 0.256 e. The lowest BCUT2D eigenvalue weighted by atomic mass is 9.86. The van der Waals surface area contributed by atoms with Crippen molar-refractivity contribution in [1.82, 2.24) is 20.0 Å². The summed E-state index contributed by atoms with van der Waals surface area (Å²) in [4.78, 5) is 12.5. The number of carbonyl (C=O) groups is 1. The monoisotopic (exact) mass is 363 g/mol. The van der Waals surface area contributed by atoms with Gasteiger partial charge in [0.2, 0.25) is 0 Å². The van der Waals surface area contributed by atoms with Gasteiger partial charge in [0.15, 0.2) is 5.82 Å². The molecule has 1 aliphatic carbocycles. The van der Waals surface area contributed by atoms with Crippen LogP contribution in [0.25, 0.3) is 5.69 Å². The molecular formula is C21H25N5O. The highest BCUT2D eigenvalue weighted by Gasteiger charge is 2.16. The van der Waals surface area contributed by atoms with Crippen LogP contribution >= 0.6 is 0 Å². The molecule has 1 saturated carbocycles. The normalized spacial score (nSPS) is 15.0. The van der Waals surface area contributed by atoms with Gasteiger partial charge < -0.3 is 5.32 Å². The molecule has 6 heteroatoms. The number of benzene rings is 1. The van der Waals surface area contributed by atoms with Gasteiger partial charge in [-0.25, -0.2) is 4.68 Å². The maximum absolute atomic E-state index is 12.5. The first-order valence-electron chi connectivity index (χ1n) is 9.65. The van der Waals surface area contributed by atoms with Crippen LogP contribution in [0.1, 0.15) is 53.7 Å². The third kappa shape index (κ3) is 4.27. The second-order valence-electron chi connectivity index (χ2n) is 7.45. The number of H-pyrrole nitrogens is 1. The average molecular weight is 363 g/mol. The minimum absolute atomic E-state index is 0.158. The van der Waals surface area contributed by atoms with E-state index in [2.05, 4.69) is 20.6 Å². The van der Waals surface area contributed by atoms with Gasteiger partial charge >= 0.3 is 0 Å². The Hall–Kier alpha value is -2.89. The number of rotatable bonds is 5. The predicted octanol–water partition coefficient (Wildman–Crippen LogP) is 4.28. The third-order valence-corrected chi connectivity index (χ3v) is 5.21. The van der Waals surface area contributed by atoms with Gasteiger partial charge in [0, 0.05) is 23.5 Å². The molecule has 0 atom stereocenters. The summed E-state index contributed by atoms with van der Waals surface area (Å²) in [6.45, 7) is 2.00. The van der Waals surface area contributed by atoms with E-state index in [9.17, 15) is 4.79 Å². The number of anilines is 1. The van der Waals surface area contributed by atoms with E-state index in [4.69, 9.17) is 0 Å². The number of nitrogens with zero attached hydrogens (tertiary/aromatic N) is 3. The van der Waals surface area contributed by atoms with E-state index in [1.165, 1.54) is 32.1 Å². The Kier molecular flexibility index (Phi) is 5.05. The van der Waals surface area contributed by atoms with Crippen molar-refractivity contribution in [3.8, 4) is 5.69 Å². The van der Waals surface area contributed by atoms with Gasteiger partial charge in [-0.05, 0) is 49.1 Å². The Morgan fingerprint density at radius 1 is 1.22 bits per heavy atom. The molecule has 3 aromatic rings. The van der Waals surface area contributed by atoms with Gasteiger partial charge in [0.25, 0.3) is 5.91 Å². The molecular weight excluding hydrogens is 338 g/mol. The second kappa shape index (κ2) is 7.78. The average Bonchev–Trinajstić information content (AvgIpc) is 3.31. The van der Waals surface area contributed by atoms with Crippen LogP contribution in [0.15, 0.2) is 42.7 Å². The van der Waals surface area contributed by atoms with E-state index in [1.807, 2.05) is 37.5 Å². The second-order valence-corrected chi connectivity index (χ2v) is 7.45. The molecule has 0 spiro atoms. The zero-order valence-electron chi connectivity index (χ0n) is 15.6. The number of aromatic amines is 1. The fourth-order valence-corrected chi connectivity index (χ4v) is 3.74. The van der Waals surface area contributed by atoms with Crippen LogP contribution in [0, 0.1) is 12.8 Å². The van der Waals surface area contributed by atoms with Crippen molar-refractivity contribution in [3.05, 3.63) is 59.5 Å². The van der Waals surface area contributed by atoms with Crippen LogP contribution in [0.3, 0.4) is 0 Å².